The monoisotopic (exact) mass is 343 g/mol. The molecule has 0 bridgehead atoms. The van der Waals surface area contributed by atoms with Gasteiger partial charge in [-0.25, -0.2) is 9.97 Å². The molecule has 7 heteroatoms. The first-order valence-corrected chi connectivity index (χ1v) is 7.89. The van der Waals surface area contributed by atoms with Gasteiger partial charge in [0.2, 0.25) is 0 Å². The Hall–Kier alpha value is -0.630. The second kappa shape index (κ2) is 5.78. The zero-order chi connectivity index (χ0) is 13.2. The van der Waals surface area contributed by atoms with E-state index in [4.69, 9.17) is 9.47 Å². The van der Waals surface area contributed by atoms with Gasteiger partial charge in [0.05, 0.1) is 24.4 Å². The van der Waals surface area contributed by atoms with Crippen molar-refractivity contribution in [2.75, 3.05) is 19.0 Å². The summed E-state index contributed by atoms with van der Waals surface area (Å²) in [7, 11) is 0. The van der Waals surface area contributed by atoms with Crippen molar-refractivity contribution in [3.05, 3.63) is 16.2 Å². The molecule has 0 radical (unpaired) electrons. The SMILES string of the molecule is Cc1nc2nc(SCCC3OCCO3)[nH]c2cc1Br. The number of aromatic nitrogens is 3. The second-order valence-electron chi connectivity index (χ2n) is 4.28. The van der Waals surface area contributed by atoms with Crippen molar-refractivity contribution in [2.24, 2.45) is 0 Å². The number of rotatable bonds is 4. The van der Waals surface area contributed by atoms with Crippen LogP contribution in [0.2, 0.25) is 0 Å². The van der Waals surface area contributed by atoms with E-state index in [1.54, 1.807) is 11.8 Å². The van der Waals surface area contributed by atoms with E-state index in [0.717, 1.165) is 38.7 Å². The Bertz CT molecular complexity index is 545. The molecule has 0 atom stereocenters. The van der Waals surface area contributed by atoms with Gasteiger partial charge in [0.25, 0.3) is 0 Å². The van der Waals surface area contributed by atoms with Crippen molar-refractivity contribution in [3.8, 4) is 0 Å². The fourth-order valence-corrected chi connectivity index (χ4v) is 3.03. The molecule has 0 aromatic carbocycles. The number of aryl methyl sites for hydroxylation is 1. The maximum absolute atomic E-state index is 5.40. The molecule has 1 N–H and O–H groups in total. The van der Waals surface area contributed by atoms with E-state index in [1.807, 2.05) is 13.0 Å². The van der Waals surface area contributed by atoms with Crippen molar-refractivity contribution in [3.63, 3.8) is 0 Å². The van der Waals surface area contributed by atoms with E-state index >= 15 is 0 Å². The molecule has 3 heterocycles. The summed E-state index contributed by atoms with van der Waals surface area (Å²) in [5.74, 6) is 0.907. The molecule has 1 saturated heterocycles. The molecule has 1 aliphatic rings. The Labute approximate surface area is 123 Å². The number of ether oxygens (including phenoxy) is 2. The van der Waals surface area contributed by atoms with Gasteiger partial charge in [-0.1, -0.05) is 11.8 Å². The summed E-state index contributed by atoms with van der Waals surface area (Å²) in [6.07, 6.45) is 0.823. The average Bonchev–Trinajstić information content (AvgIpc) is 2.99. The highest BCUT2D eigenvalue weighted by molar-refractivity contribution is 9.10. The number of thioether (sulfide) groups is 1. The predicted octanol–water partition coefficient (Wildman–Crippen LogP) is 2.88. The van der Waals surface area contributed by atoms with Crippen LogP contribution in [0.25, 0.3) is 11.2 Å². The van der Waals surface area contributed by atoms with Gasteiger partial charge in [-0.05, 0) is 28.9 Å². The van der Waals surface area contributed by atoms with Crippen LogP contribution in [-0.2, 0) is 9.47 Å². The predicted molar refractivity (Wildman–Crippen MR) is 77.4 cm³/mol. The summed E-state index contributed by atoms with van der Waals surface area (Å²) in [6.45, 7) is 3.37. The van der Waals surface area contributed by atoms with Crippen molar-refractivity contribution in [1.82, 2.24) is 15.0 Å². The number of fused-ring (bicyclic) bond motifs is 1. The zero-order valence-corrected chi connectivity index (χ0v) is 12.9. The molecule has 0 unspecified atom stereocenters. The van der Waals surface area contributed by atoms with E-state index in [9.17, 15) is 0 Å². The van der Waals surface area contributed by atoms with E-state index < -0.39 is 0 Å². The molecule has 102 valence electrons. The maximum atomic E-state index is 5.40. The van der Waals surface area contributed by atoms with Crippen LogP contribution in [0, 0.1) is 6.92 Å². The molecule has 0 amide bonds. The van der Waals surface area contributed by atoms with Crippen LogP contribution in [0.3, 0.4) is 0 Å². The fourth-order valence-electron chi connectivity index (χ4n) is 1.88. The third-order valence-electron chi connectivity index (χ3n) is 2.86. The molecule has 1 aliphatic heterocycles. The fraction of sp³-hybridized carbons (Fsp3) is 0.500. The molecule has 19 heavy (non-hydrogen) atoms. The summed E-state index contributed by atoms with van der Waals surface area (Å²) in [4.78, 5) is 12.2. The summed E-state index contributed by atoms with van der Waals surface area (Å²) >= 11 is 5.14. The number of halogens is 1. The number of hydrogen-bond donors (Lipinski definition) is 1. The highest BCUT2D eigenvalue weighted by Gasteiger charge is 2.16. The van der Waals surface area contributed by atoms with Crippen molar-refractivity contribution >= 4 is 38.9 Å². The highest BCUT2D eigenvalue weighted by atomic mass is 79.9. The lowest BCUT2D eigenvalue weighted by Gasteiger charge is -2.06. The highest BCUT2D eigenvalue weighted by Crippen LogP contribution is 2.24. The first-order valence-electron chi connectivity index (χ1n) is 6.11. The van der Waals surface area contributed by atoms with Crippen LogP contribution in [0.15, 0.2) is 15.7 Å². The average molecular weight is 344 g/mol. The number of hydrogen-bond acceptors (Lipinski definition) is 5. The van der Waals surface area contributed by atoms with Crippen LogP contribution in [0.4, 0.5) is 0 Å². The van der Waals surface area contributed by atoms with Gasteiger partial charge in [0.1, 0.15) is 0 Å². The van der Waals surface area contributed by atoms with E-state index in [0.29, 0.717) is 13.2 Å². The lowest BCUT2D eigenvalue weighted by Crippen LogP contribution is -2.08. The molecular weight excluding hydrogens is 330 g/mol. The Kier molecular flexibility index (Phi) is 4.07. The quantitative estimate of drug-likeness (QED) is 0.865. The third kappa shape index (κ3) is 3.10. The Morgan fingerprint density at radius 2 is 2.21 bits per heavy atom. The minimum absolute atomic E-state index is 0.0496. The summed E-state index contributed by atoms with van der Waals surface area (Å²) in [5.41, 5.74) is 2.66. The topological polar surface area (TPSA) is 60.0 Å². The number of nitrogens with one attached hydrogen (secondary N) is 1. The molecule has 0 spiro atoms. The molecule has 0 aliphatic carbocycles. The van der Waals surface area contributed by atoms with E-state index in [2.05, 4.69) is 30.9 Å². The van der Waals surface area contributed by atoms with Crippen molar-refractivity contribution < 1.29 is 9.47 Å². The lowest BCUT2D eigenvalue weighted by molar-refractivity contribution is -0.0421. The number of imidazole rings is 1. The minimum Gasteiger partial charge on any atom is -0.350 e. The summed E-state index contributed by atoms with van der Waals surface area (Å²) < 4.78 is 11.8. The number of pyridine rings is 1. The first kappa shape index (κ1) is 13.4. The van der Waals surface area contributed by atoms with Gasteiger partial charge in [0.15, 0.2) is 17.1 Å². The Morgan fingerprint density at radius 3 is 3.00 bits per heavy atom. The van der Waals surface area contributed by atoms with Gasteiger partial charge in [0, 0.05) is 16.6 Å². The molecule has 2 aromatic heterocycles. The van der Waals surface area contributed by atoms with Gasteiger partial charge in [-0.2, -0.15) is 0 Å². The van der Waals surface area contributed by atoms with E-state index in [-0.39, 0.29) is 6.29 Å². The van der Waals surface area contributed by atoms with Gasteiger partial charge < -0.3 is 14.5 Å². The van der Waals surface area contributed by atoms with Crippen LogP contribution in [-0.4, -0.2) is 40.2 Å². The Balaban J connectivity index is 1.64. The standard InChI is InChI=1S/C12H14BrN3O2S/c1-7-8(13)6-9-11(14-7)16-12(15-9)19-5-2-10-17-3-4-18-10/h6,10H,2-5H2,1H3,(H,14,15,16). The summed E-state index contributed by atoms with van der Waals surface area (Å²) in [5, 5.41) is 0.887. The van der Waals surface area contributed by atoms with Crippen molar-refractivity contribution in [1.29, 1.82) is 0 Å². The van der Waals surface area contributed by atoms with Crippen LogP contribution >= 0.6 is 27.7 Å². The molecule has 5 nitrogen and oxygen atoms in total. The summed E-state index contributed by atoms with van der Waals surface area (Å²) in [6, 6.07) is 2.01. The van der Waals surface area contributed by atoms with Crippen LogP contribution < -0.4 is 0 Å². The Morgan fingerprint density at radius 1 is 1.42 bits per heavy atom. The molecule has 2 aromatic rings. The number of nitrogens with zero attached hydrogens (tertiary/aromatic N) is 2. The second-order valence-corrected chi connectivity index (χ2v) is 6.21. The van der Waals surface area contributed by atoms with Crippen LogP contribution in [0.5, 0.6) is 0 Å². The van der Waals surface area contributed by atoms with Gasteiger partial charge in [-0.3, -0.25) is 0 Å². The largest absolute Gasteiger partial charge is 0.350 e. The van der Waals surface area contributed by atoms with Gasteiger partial charge in [-0.15, -0.1) is 0 Å². The molecule has 0 saturated carbocycles. The normalized spacial score (nSPS) is 16.5. The molecule has 3 rings (SSSR count). The minimum atomic E-state index is -0.0496. The third-order valence-corrected chi connectivity index (χ3v) is 4.57. The van der Waals surface area contributed by atoms with Gasteiger partial charge >= 0.3 is 0 Å². The van der Waals surface area contributed by atoms with Crippen molar-refractivity contribution in [2.45, 2.75) is 24.8 Å². The smallest absolute Gasteiger partial charge is 0.178 e. The lowest BCUT2D eigenvalue weighted by atomic mass is 10.3. The first-order chi connectivity index (χ1) is 9.22. The maximum Gasteiger partial charge on any atom is 0.178 e. The number of H-pyrrole nitrogens is 1. The molecular formula is C12H14BrN3O2S. The zero-order valence-electron chi connectivity index (χ0n) is 10.5. The molecule has 1 fully saturated rings. The van der Waals surface area contributed by atoms with E-state index in [1.165, 1.54) is 0 Å². The number of aromatic amines is 1. The van der Waals surface area contributed by atoms with Crippen LogP contribution in [0.1, 0.15) is 12.1 Å².